The van der Waals surface area contributed by atoms with Crippen LogP contribution >= 0.6 is 11.8 Å². The predicted molar refractivity (Wildman–Crippen MR) is 110 cm³/mol. The zero-order valence-electron chi connectivity index (χ0n) is 16.7. The molecule has 0 amide bonds. The molecule has 0 bridgehead atoms. The van der Waals surface area contributed by atoms with E-state index in [0.717, 1.165) is 10.5 Å². The number of quaternary nitrogens is 1. The maximum atomic E-state index is 13.0. The molecule has 2 aliphatic carbocycles. The third-order valence-corrected chi connectivity index (χ3v) is 6.90. The summed E-state index contributed by atoms with van der Waals surface area (Å²) < 4.78 is 6.75. The number of nitrogens with zero attached hydrogens (tertiary/aromatic N) is 2. The molecule has 0 radical (unpaired) electrons. The Kier molecular flexibility index (Phi) is 5.89. The Balaban J connectivity index is 1.77. The van der Waals surface area contributed by atoms with Gasteiger partial charge in [-0.15, -0.1) is 11.8 Å². The number of ether oxygens (including phenoxy) is 1. The molecule has 0 spiro atoms. The van der Waals surface area contributed by atoms with E-state index in [9.17, 15) is 9.70 Å². The highest BCUT2D eigenvalue weighted by Gasteiger charge is 2.41. The van der Waals surface area contributed by atoms with Gasteiger partial charge >= 0.3 is 0 Å². The number of fused-ring (bicyclic) bond motifs is 2. The number of rotatable bonds is 6. The average Bonchev–Trinajstić information content (AvgIpc) is 2.62. The van der Waals surface area contributed by atoms with Crippen LogP contribution in [0.2, 0.25) is 0 Å². The second-order valence-electron chi connectivity index (χ2n) is 8.65. The summed E-state index contributed by atoms with van der Waals surface area (Å²) in [6.07, 6.45) is 9.84. The van der Waals surface area contributed by atoms with Gasteiger partial charge in [-0.25, -0.2) is 0 Å². The first kappa shape index (κ1) is 20.2. The van der Waals surface area contributed by atoms with Gasteiger partial charge < -0.3 is 9.22 Å². The smallest absolute Gasteiger partial charge is 0.172 e. The first-order valence-corrected chi connectivity index (χ1v) is 10.3. The van der Waals surface area contributed by atoms with Crippen LogP contribution in [0.1, 0.15) is 13.8 Å². The molecule has 1 aliphatic heterocycles. The molecule has 0 N–H and O–H groups in total. The minimum Gasteiger partial charge on any atom is -0.371 e. The molecule has 27 heavy (non-hydrogen) atoms. The van der Waals surface area contributed by atoms with Crippen LogP contribution in [-0.2, 0) is 9.53 Å². The molecule has 5 nitrogen and oxygen atoms in total. The monoisotopic (exact) mass is 389 g/mol. The summed E-state index contributed by atoms with van der Waals surface area (Å²) in [5, 5.41) is 3.42. The number of Topliss-reactive ketones (excluding diaryl/α,β-unsaturated/α-hetero) is 1. The predicted octanol–water partition coefficient (Wildman–Crippen LogP) is 3.49. The van der Waals surface area contributed by atoms with Crippen molar-refractivity contribution < 1.29 is 14.0 Å². The number of thioether (sulfide) groups is 1. The van der Waals surface area contributed by atoms with Gasteiger partial charge in [0.25, 0.3) is 0 Å². The van der Waals surface area contributed by atoms with E-state index >= 15 is 0 Å². The molecule has 0 aromatic heterocycles. The van der Waals surface area contributed by atoms with Crippen molar-refractivity contribution in [1.82, 2.24) is 0 Å². The number of likely N-dealkylation sites (N-methyl/N-ethyl adjacent to an activating group) is 1. The molecule has 1 fully saturated rings. The molecular formula is C21H29N2O3S+. The lowest BCUT2D eigenvalue weighted by molar-refractivity contribution is -0.871. The van der Waals surface area contributed by atoms with Crippen molar-refractivity contribution in [3.05, 3.63) is 51.3 Å². The van der Waals surface area contributed by atoms with Gasteiger partial charge in [-0.05, 0) is 13.0 Å². The molecule has 5 unspecified atom stereocenters. The van der Waals surface area contributed by atoms with Gasteiger partial charge in [-0.2, -0.15) is 4.91 Å². The number of nitroso groups, excluding NO2 is 1. The number of carbonyl (C=O) groups is 1. The molecule has 146 valence electrons. The van der Waals surface area contributed by atoms with E-state index < -0.39 is 6.04 Å². The number of hydrogen-bond donors (Lipinski definition) is 0. The zero-order valence-corrected chi connectivity index (χ0v) is 17.5. The van der Waals surface area contributed by atoms with E-state index in [1.807, 2.05) is 45.4 Å². The van der Waals surface area contributed by atoms with E-state index in [1.165, 1.54) is 5.57 Å². The molecule has 0 aromatic rings. The third-order valence-electron chi connectivity index (χ3n) is 5.40. The summed E-state index contributed by atoms with van der Waals surface area (Å²) in [5.41, 5.74) is 1.98. The van der Waals surface area contributed by atoms with Crippen molar-refractivity contribution in [3.63, 3.8) is 0 Å². The van der Waals surface area contributed by atoms with Crippen LogP contribution in [-0.4, -0.2) is 62.0 Å². The van der Waals surface area contributed by atoms with Gasteiger partial charge in [0.15, 0.2) is 11.8 Å². The van der Waals surface area contributed by atoms with Gasteiger partial charge in [0.05, 0.1) is 39.8 Å². The van der Waals surface area contributed by atoms with Crippen LogP contribution in [0.3, 0.4) is 0 Å². The lowest BCUT2D eigenvalue weighted by Crippen LogP contribution is -2.43. The highest BCUT2D eigenvalue weighted by Crippen LogP contribution is 2.48. The van der Waals surface area contributed by atoms with Gasteiger partial charge in [0.2, 0.25) is 0 Å². The van der Waals surface area contributed by atoms with E-state index in [2.05, 4.69) is 25.1 Å². The van der Waals surface area contributed by atoms with E-state index in [4.69, 9.17) is 4.74 Å². The molecule has 5 atom stereocenters. The van der Waals surface area contributed by atoms with Crippen LogP contribution in [0.5, 0.6) is 0 Å². The fourth-order valence-corrected chi connectivity index (χ4v) is 5.29. The molecular weight excluding hydrogens is 360 g/mol. The van der Waals surface area contributed by atoms with Crippen molar-refractivity contribution in [3.8, 4) is 0 Å². The SMILES string of the molecule is CC1=C2SC3C=CC=CC3C(=O)C2=CC(OCC(C[N+](C)(C)C)N=O)C1C. The Labute approximate surface area is 165 Å². The Morgan fingerprint density at radius 2 is 1.96 bits per heavy atom. The Morgan fingerprint density at radius 1 is 1.26 bits per heavy atom. The average molecular weight is 390 g/mol. The minimum absolute atomic E-state index is 0.0977. The molecule has 6 heteroatoms. The normalized spacial score (nSPS) is 31.3. The molecule has 3 rings (SSSR count). The van der Waals surface area contributed by atoms with Crippen molar-refractivity contribution >= 4 is 17.5 Å². The molecule has 0 saturated carbocycles. The van der Waals surface area contributed by atoms with E-state index in [0.29, 0.717) is 11.0 Å². The van der Waals surface area contributed by atoms with Gasteiger partial charge in [0, 0.05) is 21.6 Å². The van der Waals surface area contributed by atoms with Crippen LogP contribution in [0.15, 0.2) is 51.6 Å². The molecule has 1 heterocycles. The van der Waals surface area contributed by atoms with Crippen molar-refractivity contribution in [2.24, 2.45) is 17.0 Å². The number of carbonyl (C=O) groups excluding carboxylic acids is 1. The molecule has 3 aliphatic rings. The quantitative estimate of drug-likeness (QED) is 0.515. The Morgan fingerprint density at radius 3 is 2.63 bits per heavy atom. The van der Waals surface area contributed by atoms with Gasteiger partial charge in [-0.3, -0.25) is 4.79 Å². The lowest BCUT2D eigenvalue weighted by atomic mass is 9.82. The van der Waals surface area contributed by atoms with Gasteiger partial charge in [-0.1, -0.05) is 42.0 Å². The third kappa shape index (κ3) is 4.33. The fourth-order valence-electron chi connectivity index (χ4n) is 3.82. The van der Waals surface area contributed by atoms with Crippen LogP contribution in [0.25, 0.3) is 0 Å². The summed E-state index contributed by atoms with van der Waals surface area (Å²) in [6.45, 7) is 5.11. The Hall–Kier alpha value is -1.50. The lowest BCUT2D eigenvalue weighted by Gasteiger charge is -2.37. The van der Waals surface area contributed by atoms with Gasteiger partial charge in [0.1, 0.15) is 6.54 Å². The first-order chi connectivity index (χ1) is 12.7. The summed E-state index contributed by atoms with van der Waals surface area (Å²) >= 11 is 1.78. The second kappa shape index (κ2) is 7.86. The zero-order chi connectivity index (χ0) is 19.8. The highest BCUT2D eigenvalue weighted by molar-refractivity contribution is 8.04. The van der Waals surface area contributed by atoms with Crippen LogP contribution in [0.4, 0.5) is 0 Å². The van der Waals surface area contributed by atoms with Crippen molar-refractivity contribution in [1.29, 1.82) is 0 Å². The summed E-state index contributed by atoms with van der Waals surface area (Å²) in [6, 6.07) is -0.395. The maximum Gasteiger partial charge on any atom is 0.172 e. The summed E-state index contributed by atoms with van der Waals surface area (Å²) in [5.74, 6) is 0.241. The van der Waals surface area contributed by atoms with E-state index in [-0.39, 0.29) is 35.6 Å². The number of hydrogen-bond acceptors (Lipinski definition) is 5. The highest BCUT2D eigenvalue weighted by atomic mass is 32.2. The van der Waals surface area contributed by atoms with Crippen molar-refractivity contribution in [2.75, 3.05) is 34.3 Å². The molecule has 1 saturated heterocycles. The minimum atomic E-state index is -0.395. The number of ketones is 1. The standard InChI is InChI=1S/C21H29N2O3S/c1-13-14(2)21-17(20(24)16-8-6-7-9-19(16)27-21)10-18(13)26-12-15(22-25)11-23(3,4)5/h6-10,13,15-16,18-19H,11-12H2,1-5H3/q+1. The largest absolute Gasteiger partial charge is 0.371 e. The van der Waals surface area contributed by atoms with Crippen LogP contribution in [0, 0.1) is 16.7 Å². The van der Waals surface area contributed by atoms with Crippen molar-refractivity contribution in [2.45, 2.75) is 31.2 Å². The summed E-state index contributed by atoms with van der Waals surface area (Å²) in [7, 11) is 6.09. The fraction of sp³-hybridized carbons (Fsp3) is 0.571. The second-order valence-corrected chi connectivity index (χ2v) is 9.84. The first-order valence-electron chi connectivity index (χ1n) is 9.44. The topological polar surface area (TPSA) is 55.7 Å². The number of allylic oxidation sites excluding steroid dienone is 4. The van der Waals surface area contributed by atoms with E-state index in [1.54, 1.807) is 11.8 Å². The molecule has 0 aromatic carbocycles. The summed E-state index contributed by atoms with van der Waals surface area (Å²) in [4.78, 5) is 25.4. The van der Waals surface area contributed by atoms with Crippen LogP contribution < -0.4 is 0 Å². The Bertz CT molecular complexity index is 745. The maximum absolute atomic E-state index is 13.0.